The fourth-order valence-electron chi connectivity index (χ4n) is 1.25. The predicted octanol–water partition coefficient (Wildman–Crippen LogP) is 0.922. The monoisotopic (exact) mass is 209 g/mol. The number of hydrogen-bond acceptors (Lipinski definition) is 4. The Morgan fingerprint density at radius 2 is 2.43 bits per heavy atom. The molecule has 0 spiro atoms. The first-order valence-corrected chi connectivity index (χ1v) is 4.64. The smallest absolute Gasteiger partial charge is 0.157 e. The van der Waals surface area contributed by atoms with Crippen molar-refractivity contribution in [2.75, 3.05) is 4.72 Å². The lowest BCUT2D eigenvalue weighted by molar-refractivity contribution is 0.688. The molecule has 0 saturated carbocycles. The highest BCUT2D eigenvalue weighted by Gasteiger charge is 1.99. The first-order valence-electron chi connectivity index (χ1n) is 4.19. The average molecular weight is 209 g/mol. The van der Waals surface area contributed by atoms with Gasteiger partial charge in [-0.15, -0.1) is 0 Å². The molecule has 2 rings (SSSR count). The summed E-state index contributed by atoms with van der Waals surface area (Å²) in [4.78, 5) is 0. The second-order valence-electron chi connectivity index (χ2n) is 3.03. The fourth-order valence-corrected chi connectivity index (χ4v) is 1.37. The quantitative estimate of drug-likeness (QED) is 0.739. The van der Waals surface area contributed by atoms with Crippen LogP contribution in [0.5, 0.6) is 0 Å². The number of hydrogen-bond donors (Lipinski definition) is 2. The third-order valence-corrected chi connectivity index (χ3v) is 2.09. The minimum atomic E-state index is 0.725. The Morgan fingerprint density at radius 3 is 3.00 bits per heavy atom. The largest absolute Gasteiger partial charge is 0.316 e. The molecule has 5 nitrogen and oxygen atoms in total. The van der Waals surface area contributed by atoms with Crippen LogP contribution in [-0.2, 0) is 13.6 Å². The van der Waals surface area contributed by atoms with Crippen molar-refractivity contribution in [2.45, 2.75) is 6.54 Å². The molecule has 0 unspecified atom stereocenters. The highest BCUT2D eigenvalue weighted by molar-refractivity contribution is 7.81. The summed E-state index contributed by atoms with van der Waals surface area (Å²) >= 11 is 3.91. The summed E-state index contributed by atoms with van der Waals surface area (Å²) in [6, 6.07) is 1.86. The molecule has 0 aliphatic rings. The molecule has 0 bridgehead atoms. The summed E-state index contributed by atoms with van der Waals surface area (Å²) in [7, 11) is 1.90. The number of rotatable bonds is 3. The molecule has 6 heteroatoms. The third-order valence-electron chi connectivity index (χ3n) is 1.86. The Balaban J connectivity index is 2.10. The van der Waals surface area contributed by atoms with E-state index in [0.717, 1.165) is 17.9 Å². The molecule has 74 valence electrons. The van der Waals surface area contributed by atoms with E-state index in [1.165, 1.54) is 0 Å². The number of anilines is 1. The van der Waals surface area contributed by atoms with Crippen LogP contribution in [0.1, 0.15) is 5.56 Å². The lowest BCUT2D eigenvalue weighted by Crippen LogP contribution is -1.99. The number of aromatic nitrogens is 4. The SMILES string of the molecule is Cn1cc(Cn2ccc(NS)n2)cn1. The van der Waals surface area contributed by atoms with Crippen molar-refractivity contribution in [2.24, 2.45) is 7.05 Å². The van der Waals surface area contributed by atoms with Gasteiger partial charge >= 0.3 is 0 Å². The van der Waals surface area contributed by atoms with Gasteiger partial charge in [-0.05, 0) is 0 Å². The van der Waals surface area contributed by atoms with Gasteiger partial charge in [-0.3, -0.25) is 9.36 Å². The third kappa shape index (κ3) is 1.90. The normalized spacial score (nSPS) is 10.4. The molecule has 0 aliphatic heterocycles. The van der Waals surface area contributed by atoms with E-state index in [2.05, 4.69) is 27.7 Å². The van der Waals surface area contributed by atoms with Crippen molar-refractivity contribution in [1.29, 1.82) is 0 Å². The second-order valence-corrected chi connectivity index (χ2v) is 3.26. The molecule has 0 fully saturated rings. The van der Waals surface area contributed by atoms with Gasteiger partial charge in [-0.25, -0.2) is 0 Å². The standard InChI is InChI=1S/C8H11N5S/c1-12-5-7(4-9-12)6-13-3-2-8(10-13)11-14/h2-5,14H,6H2,1H3,(H,10,11). The average Bonchev–Trinajstić information content (AvgIpc) is 2.76. The van der Waals surface area contributed by atoms with E-state index in [1.54, 1.807) is 4.68 Å². The van der Waals surface area contributed by atoms with Gasteiger partial charge < -0.3 is 4.72 Å². The van der Waals surface area contributed by atoms with Crippen LogP contribution < -0.4 is 4.72 Å². The van der Waals surface area contributed by atoms with Crippen LogP contribution >= 0.6 is 12.8 Å². The minimum absolute atomic E-state index is 0.725. The van der Waals surface area contributed by atoms with E-state index in [9.17, 15) is 0 Å². The second kappa shape index (κ2) is 3.75. The van der Waals surface area contributed by atoms with E-state index in [-0.39, 0.29) is 0 Å². The molecule has 0 aromatic carbocycles. The zero-order valence-electron chi connectivity index (χ0n) is 7.75. The molecule has 0 saturated heterocycles. The summed E-state index contributed by atoms with van der Waals surface area (Å²) in [6.07, 6.45) is 5.69. The molecule has 2 heterocycles. The highest BCUT2D eigenvalue weighted by Crippen LogP contribution is 2.05. The minimum Gasteiger partial charge on any atom is -0.316 e. The fraction of sp³-hybridized carbons (Fsp3) is 0.250. The van der Waals surface area contributed by atoms with Crippen molar-refractivity contribution in [3.8, 4) is 0 Å². The van der Waals surface area contributed by atoms with Crippen molar-refractivity contribution in [3.05, 3.63) is 30.2 Å². The summed E-state index contributed by atoms with van der Waals surface area (Å²) in [5.41, 5.74) is 1.13. The molecular formula is C8H11N5S. The highest BCUT2D eigenvalue weighted by atomic mass is 32.1. The maximum atomic E-state index is 4.23. The number of thiol groups is 1. The first kappa shape index (κ1) is 9.14. The maximum Gasteiger partial charge on any atom is 0.157 e. The molecule has 1 N–H and O–H groups in total. The Hall–Kier alpha value is -1.43. The van der Waals surface area contributed by atoms with Gasteiger partial charge in [0, 0.05) is 31.1 Å². The van der Waals surface area contributed by atoms with Gasteiger partial charge in [0.15, 0.2) is 5.82 Å². The molecular weight excluding hydrogens is 198 g/mol. The molecule has 2 aromatic heterocycles. The number of nitrogens with zero attached hydrogens (tertiary/aromatic N) is 4. The van der Waals surface area contributed by atoms with Crippen LogP contribution in [0.3, 0.4) is 0 Å². The summed E-state index contributed by atoms with van der Waals surface area (Å²) < 4.78 is 6.28. The van der Waals surface area contributed by atoms with Crippen LogP contribution in [0.25, 0.3) is 0 Å². The van der Waals surface area contributed by atoms with Crippen LogP contribution in [0.15, 0.2) is 24.7 Å². The Morgan fingerprint density at radius 1 is 1.57 bits per heavy atom. The van der Waals surface area contributed by atoms with Crippen molar-refractivity contribution < 1.29 is 0 Å². The molecule has 14 heavy (non-hydrogen) atoms. The lowest BCUT2D eigenvalue weighted by Gasteiger charge is -1.96. The van der Waals surface area contributed by atoms with E-state index >= 15 is 0 Å². The molecule has 0 aliphatic carbocycles. The zero-order chi connectivity index (χ0) is 9.97. The van der Waals surface area contributed by atoms with Crippen LogP contribution in [0, 0.1) is 0 Å². The van der Waals surface area contributed by atoms with Crippen LogP contribution in [0.4, 0.5) is 5.82 Å². The van der Waals surface area contributed by atoms with Gasteiger partial charge in [0.05, 0.1) is 12.7 Å². The van der Waals surface area contributed by atoms with Crippen molar-refractivity contribution in [1.82, 2.24) is 19.6 Å². The van der Waals surface area contributed by atoms with Gasteiger partial charge in [0.25, 0.3) is 0 Å². The van der Waals surface area contributed by atoms with Crippen LogP contribution in [0.2, 0.25) is 0 Å². The number of aryl methyl sites for hydroxylation is 1. The Labute approximate surface area is 87.3 Å². The van der Waals surface area contributed by atoms with E-state index < -0.39 is 0 Å². The summed E-state index contributed by atoms with van der Waals surface area (Å²) in [5, 5.41) is 8.31. The van der Waals surface area contributed by atoms with E-state index in [0.29, 0.717) is 0 Å². The van der Waals surface area contributed by atoms with Crippen molar-refractivity contribution >= 4 is 18.6 Å². The Kier molecular flexibility index (Phi) is 2.45. The first-order chi connectivity index (χ1) is 6.78. The molecule has 0 amide bonds. The van der Waals surface area contributed by atoms with Gasteiger partial charge in [0.1, 0.15) is 0 Å². The zero-order valence-corrected chi connectivity index (χ0v) is 8.65. The Bertz CT molecular complexity index is 419. The predicted molar refractivity (Wildman–Crippen MR) is 57.1 cm³/mol. The number of nitrogens with one attached hydrogen (secondary N) is 1. The topological polar surface area (TPSA) is 47.7 Å². The molecule has 0 atom stereocenters. The maximum absolute atomic E-state index is 4.23. The van der Waals surface area contributed by atoms with Gasteiger partial charge in [0.2, 0.25) is 0 Å². The lowest BCUT2D eigenvalue weighted by atomic mass is 10.4. The van der Waals surface area contributed by atoms with Gasteiger partial charge in [-0.2, -0.15) is 10.2 Å². The summed E-state index contributed by atoms with van der Waals surface area (Å²) in [6.45, 7) is 0.725. The van der Waals surface area contributed by atoms with Crippen LogP contribution in [-0.4, -0.2) is 19.6 Å². The summed E-state index contributed by atoms with van der Waals surface area (Å²) in [5.74, 6) is 0.747. The van der Waals surface area contributed by atoms with E-state index in [1.807, 2.05) is 36.4 Å². The molecule has 2 aromatic rings. The van der Waals surface area contributed by atoms with Crippen molar-refractivity contribution in [3.63, 3.8) is 0 Å². The van der Waals surface area contributed by atoms with Gasteiger partial charge in [-0.1, -0.05) is 12.8 Å². The van der Waals surface area contributed by atoms with E-state index in [4.69, 9.17) is 0 Å². The molecule has 0 radical (unpaired) electrons.